The molecule has 0 N–H and O–H groups in total. The van der Waals surface area contributed by atoms with Gasteiger partial charge in [0.15, 0.2) is 0 Å². The molecular weight excluding hydrogens is 285 g/mol. The van der Waals surface area contributed by atoms with Crippen LogP contribution in [-0.4, -0.2) is 0 Å². The molecule has 92 valence electrons. The highest BCUT2D eigenvalue weighted by Crippen LogP contribution is 2.35. The van der Waals surface area contributed by atoms with E-state index in [0.717, 1.165) is 5.56 Å². The largest absolute Gasteiger partial charge is 0.197 e. The van der Waals surface area contributed by atoms with Gasteiger partial charge in [-0.1, -0.05) is 35.3 Å². The maximum absolute atomic E-state index is 9.49. The molecule has 0 aliphatic carbocycles. The van der Waals surface area contributed by atoms with Crippen molar-refractivity contribution in [2.45, 2.75) is 18.8 Å². The molecule has 1 nitrogen and oxygen atoms in total. The molecule has 0 aliphatic rings. The molecule has 0 amide bonds. The zero-order valence-corrected chi connectivity index (χ0v) is 12.1. The summed E-state index contributed by atoms with van der Waals surface area (Å²) in [5.74, 6) is 0. The first-order valence-electron chi connectivity index (χ1n) is 5.44. The molecule has 0 bridgehead atoms. The summed E-state index contributed by atoms with van der Waals surface area (Å²) in [7, 11) is 0. The van der Waals surface area contributed by atoms with E-state index < -0.39 is 5.41 Å². The average molecular weight is 296 g/mol. The minimum atomic E-state index is -0.632. The van der Waals surface area contributed by atoms with Crippen molar-refractivity contribution in [1.29, 1.82) is 5.26 Å². The molecule has 1 aromatic carbocycles. The number of nitriles is 1. The molecular formula is C14H11Cl2NS. The molecule has 0 radical (unpaired) electrons. The number of hydrogen-bond donors (Lipinski definition) is 0. The molecule has 1 unspecified atom stereocenters. The van der Waals surface area contributed by atoms with Crippen molar-refractivity contribution in [3.8, 4) is 6.07 Å². The Morgan fingerprint density at radius 3 is 2.67 bits per heavy atom. The van der Waals surface area contributed by atoms with Gasteiger partial charge in [-0.15, -0.1) is 11.3 Å². The Labute approximate surface area is 121 Å². The van der Waals surface area contributed by atoms with Crippen molar-refractivity contribution in [2.24, 2.45) is 0 Å². The van der Waals surface area contributed by atoms with Crippen LogP contribution >= 0.6 is 34.5 Å². The maximum atomic E-state index is 9.49. The van der Waals surface area contributed by atoms with Crippen LogP contribution < -0.4 is 0 Å². The van der Waals surface area contributed by atoms with Crippen LogP contribution in [0.3, 0.4) is 0 Å². The van der Waals surface area contributed by atoms with Crippen molar-refractivity contribution in [1.82, 2.24) is 0 Å². The number of nitrogens with zero attached hydrogens (tertiary/aromatic N) is 1. The van der Waals surface area contributed by atoms with Crippen LogP contribution in [0.4, 0.5) is 0 Å². The van der Waals surface area contributed by atoms with E-state index >= 15 is 0 Å². The number of thiophene rings is 1. The monoisotopic (exact) mass is 295 g/mol. The quantitative estimate of drug-likeness (QED) is 0.775. The molecule has 1 atom stereocenters. The van der Waals surface area contributed by atoms with Gasteiger partial charge in [0.1, 0.15) is 0 Å². The van der Waals surface area contributed by atoms with Crippen LogP contribution in [-0.2, 0) is 11.8 Å². The van der Waals surface area contributed by atoms with Gasteiger partial charge in [-0.05, 0) is 36.1 Å². The first kappa shape index (κ1) is 13.4. The fourth-order valence-corrected chi connectivity index (χ4v) is 3.37. The zero-order chi connectivity index (χ0) is 13.2. The summed E-state index contributed by atoms with van der Waals surface area (Å²) in [4.78, 5) is 1.17. The summed E-state index contributed by atoms with van der Waals surface area (Å²) >= 11 is 13.7. The predicted octanol–water partition coefficient (Wildman–Crippen LogP) is 5.08. The number of hydrogen-bond acceptors (Lipinski definition) is 2. The van der Waals surface area contributed by atoms with E-state index in [4.69, 9.17) is 23.2 Å². The Morgan fingerprint density at radius 2 is 2.11 bits per heavy atom. The fourth-order valence-electron chi connectivity index (χ4n) is 1.89. The summed E-state index contributed by atoms with van der Waals surface area (Å²) in [5, 5.41) is 12.6. The molecule has 0 spiro atoms. The van der Waals surface area contributed by atoms with Crippen LogP contribution in [0.25, 0.3) is 0 Å². The van der Waals surface area contributed by atoms with Crippen molar-refractivity contribution in [2.75, 3.05) is 0 Å². The summed E-state index contributed by atoms with van der Waals surface area (Å²) < 4.78 is 0. The first-order valence-corrected chi connectivity index (χ1v) is 7.08. The Kier molecular flexibility index (Phi) is 3.97. The average Bonchev–Trinajstić information content (AvgIpc) is 2.81. The van der Waals surface area contributed by atoms with Crippen LogP contribution in [0.5, 0.6) is 0 Å². The summed E-state index contributed by atoms with van der Waals surface area (Å²) in [5.41, 5.74) is 0.191. The third-order valence-corrected chi connectivity index (χ3v) is 4.30. The summed E-state index contributed by atoms with van der Waals surface area (Å²) in [6.07, 6.45) is 0.655. The lowest BCUT2D eigenvalue weighted by Crippen LogP contribution is -2.22. The van der Waals surface area contributed by atoms with Crippen molar-refractivity contribution >= 4 is 34.5 Å². The van der Waals surface area contributed by atoms with E-state index in [1.165, 1.54) is 4.88 Å². The van der Waals surface area contributed by atoms with E-state index in [0.29, 0.717) is 16.5 Å². The lowest BCUT2D eigenvalue weighted by atomic mass is 9.80. The molecule has 4 heteroatoms. The lowest BCUT2D eigenvalue weighted by Gasteiger charge is -2.22. The molecule has 0 fully saturated rings. The van der Waals surface area contributed by atoms with Crippen molar-refractivity contribution in [3.05, 3.63) is 56.2 Å². The molecule has 1 aromatic heterocycles. The Morgan fingerprint density at radius 1 is 1.33 bits per heavy atom. The SMILES string of the molecule is CC(C#N)(Cc1cccs1)c1ccc(Cl)cc1Cl. The second kappa shape index (κ2) is 5.32. The van der Waals surface area contributed by atoms with Crippen LogP contribution in [0.2, 0.25) is 10.0 Å². The fraction of sp³-hybridized carbons (Fsp3) is 0.214. The highest BCUT2D eigenvalue weighted by Gasteiger charge is 2.29. The highest BCUT2D eigenvalue weighted by molar-refractivity contribution is 7.09. The van der Waals surface area contributed by atoms with E-state index in [9.17, 15) is 5.26 Å². The smallest absolute Gasteiger partial charge is 0.0856 e. The third kappa shape index (κ3) is 2.70. The topological polar surface area (TPSA) is 23.8 Å². The Balaban J connectivity index is 2.41. The summed E-state index contributed by atoms with van der Waals surface area (Å²) in [6.45, 7) is 1.90. The van der Waals surface area contributed by atoms with Gasteiger partial charge in [0.25, 0.3) is 0 Å². The van der Waals surface area contributed by atoms with Gasteiger partial charge < -0.3 is 0 Å². The van der Waals surface area contributed by atoms with Gasteiger partial charge in [0.05, 0.1) is 11.5 Å². The lowest BCUT2D eigenvalue weighted by molar-refractivity contribution is 0.612. The van der Waals surface area contributed by atoms with Gasteiger partial charge in [-0.25, -0.2) is 0 Å². The van der Waals surface area contributed by atoms with E-state index in [1.807, 2.05) is 30.5 Å². The van der Waals surface area contributed by atoms with E-state index in [1.54, 1.807) is 23.5 Å². The van der Waals surface area contributed by atoms with Crippen molar-refractivity contribution < 1.29 is 0 Å². The molecule has 2 rings (SSSR count). The molecule has 1 heterocycles. The standard InChI is InChI=1S/C14H11Cl2NS/c1-14(9-17,8-11-3-2-6-18-11)12-5-4-10(15)7-13(12)16/h2-7H,8H2,1H3. The minimum absolute atomic E-state index is 0.545. The van der Waals surface area contributed by atoms with Gasteiger partial charge in [0.2, 0.25) is 0 Å². The van der Waals surface area contributed by atoms with Crippen LogP contribution in [0.15, 0.2) is 35.7 Å². The Bertz CT molecular complexity index is 586. The number of rotatable bonds is 3. The second-order valence-corrected chi connectivity index (χ2v) is 6.20. The third-order valence-electron chi connectivity index (χ3n) is 2.88. The highest BCUT2D eigenvalue weighted by atomic mass is 35.5. The van der Waals surface area contributed by atoms with E-state index in [-0.39, 0.29) is 0 Å². The summed E-state index contributed by atoms with van der Waals surface area (Å²) in [6, 6.07) is 11.7. The molecule has 0 saturated heterocycles. The van der Waals surface area contributed by atoms with Crippen LogP contribution in [0.1, 0.15) is 17.4 Å². The Hall–Kier alpha value is -1.01. The van der Waals surface area contributed by atoms with Crippen molar-refractivity contribution in [3.63, 3.8) is 0 Å². The van der Waals surface area contributed by atoms with Gasteiger partial charge in [0, 0.05) is 21.3 Å². The second-order valence-electron chi connectivity index (χ2n) is 4.32. The number of halogens is 2. The van der Waals surface area contributed by atoms with Gasteiger partial charge >= 0.3 is 0 Å². The van der Waals surface area contributed by atoms with E-state index in [2.05, 4.69) is 6.07 Å². The van der Waals surface area contributed by atoms with Gasteiger partial charge in [-0.3, -0.25) is 0 Å². The number of benzene rings is 1. The minimum Gasteiger partial charge on any atom is -0.197 e. The molecule has 0 saturated carbocycles. The molecule has 18 heavy (non-hydrogen) atoms. The molecule has 0 aliphatic heterocycles. The van der Waals surface area contributed by atoms with Crippen LogP contribution in [0, 0.1) is 11.3 Å². The predicted molar refractivity (Wildman–Crippen MR) is 77.5 cm³/mol. The van der Waals surface area contributed by atoms with Gasteiger partial charge in [-0.2, -0.15) is 5.26 Å². The maximum Gasteiger partial charge on any atom is 0.0856 e. The normalized spacial score (nSPS) is 13.9. The zero-order valence-electron chi connectivity index (χ0n) is 9.78. The first-order chi connectivity index (χ1) is 8.55. The molecule has 2 aromatic rings.